The highest BCUT2D eigenvalue weighted by Gasteiger charge is 2.16. The molecular formula is C8H10N2O3. The van der Waals surface area contributed by atoms with E-state index < -0.39 is 11.9 Å². The van der Waals surface area contributed by atoms with Gasteiger partial charge in [0.25, 0.3) is 0 Å². The molecule has 0 fully saturated rings. The van der Waals surface area contributed by atoms with Gasteiger partial charge in [-0.2, -0.15) is 0 Å². The summed E-state index contributed by atoms with van der Waals surface area (Å²) in [6.45, 7) is 1.53. The lowest BCUT2D eigenvalue weighted by Gasteiger charge is -2.04. The van der Waals surface area contributed by atoms with Crippen molar-refractivity contribution in [1.82, 2.24) is 9.97 Å². The van der Waals surface area contributed by atoms with Crippen molar-refractivity contribution < 1.29 is 14.6 Å². The Balaban J connectivity index is 2.85. The highest BCUT2D eigenvalue weighted by atomic mass is 16.5. The van der Waals surface area contributed by atoms with Crippen molar-refractivity contribution in [3.63, 3.8) is 0 Å². The van der Waals surface area contributed by atoms with E-state index in [0.29, 0.717) is 5.75 Å². The average Bonchev–Trinajstić information content (AvgIpc) is 2.17. The number of hydrogen-bond donors (Lipinski definition) is 1. The maximum absolute atomic E-state index is 10.5. The van der Waals surface area contributed by atoms with E-state index in [1.807, 2.05) is 0 Å². The van der Waals surface area contributed by atoms with Crippen molar-refractivity contribution in [3.05, 3.63) is 18.2 Å². The van der Waals surface area contributed by atoms with E-state index in [0.717, 1.165) is 0 Å². The summed E-state index contributed by atoms with van der Waals surface area (Å²) in [5.41, 5.74) is 0. The first-order valence-electron chi connectivity index (χ1n) is 3.74. The molecule has 0 aliphatic heterocycles. The van der Waals surface area contributed by atoms with Gasteiger partial charge in [-0.1, -0.05) is 0 Å². The molecular weight excluding hydrogens is 172 g/mol. The van der Waals surface area contributed by atoms with Gasteiger partial charge in [-0.15, -0.1) is 0 Å². The monoisotopic (exact) mass is 182 g/mol. The summed E-state index contributed by atoms with van der Waals surface area (Å²) in [7, 11) is 1.50. The van der Waals surface area contributed by atoms with Crippen molar-refractivity contribution in [1.29, 1.82) is 0 Å². The van der Waals surface area contributed by atoms with Gasteiger partial charge in [-0.25, -0.2) is 9.97 Å². The Bertz CT molecular complexity index is 297. The lowest BCUT2D eigenvalue weighted by Crippen LogP contribution is -2.10. The molecule has 1 aromatic heterocycles. The van der Waals surface area contributed by atoms with E-state index in [9.17, 15) is 4.79 Å². The summed E-state index contributed by atoms with van der Waals surface area (Å²) < 4.78 is 4.84. The Labute approximate surface area is 75.4 Å². The minimum atomic E-state index is -0.940. The second-order valence-electron chi connectivity index (χ2n) is 2.54. The topological polar surface area (TPSA) is 72.3 Å². The van der Waals surface area contributed by atoms with Crippen LogP contribution in [-0.4, -0.2) is 28.2 Å². The molecule has 13 heavy (non-hydrogen) atoms. The van der Waals surface area contributed by atoms with Crippen LogP contribution in [0.1, 0.15) is 18.7 Å². The molecule has 1 atom stereocenters. The second kappa shape index (κ2) is 3.84. The number of ether oxygens (including phenoxy) is 1. The highest BCUT2D eigenvalue weighted by Crippen LogP contribution is 2.12. The maximum Gasteiger partial charge on any atom is 0.313 e. The van der Waals surface area contributed by atoms with E-state index in [1.54, 1.807) is 0 Å². The molecule has 1 heterocycles. The highest BCUT2D eigenvalue weighted by molar-refractivity contribution is 5.74. The third-order valence-electron chi connectivity index (χ3n) is 1.64. The smallest absolute Gasteiger partial charge is 0.313 e. The first-order chi connectivity index (χ1) is 6.15. The molecule has 0 aliphatic carbocycles. The van der Waals surface area contributed by atoms with E-state index in [2.05, 4.69) is 9.97 Å². The molecule has 1 unspecified atom stereocenters. The van der Waals surface area contributed by atoms with Crippen LogP contribution >= 0.6 is 0 Å². The van der Waals surface area contributed by atoms with E-state index in [-0.39, 0.29) is 5.82 Å². The van der Waals surface area contributed by atoms with Gasteiger partial charge in [-0.05, 0) is 6.92 Å². The molecule has 0 saturated carbocycles. The quantitative estimate of drug-likeness (QED) is 0.743. The molecule has 70 valence electrons. The number of carbonyl (C=O) groups is 1. The van der Waals surface area contributed by atoms with Gasteiger partial charge < -0.3 is 9.84 Å². The fraction of sp³-hybridized carbons (Fsp3) is 0.375. The zero-order valence-corrected chi connectivity index (χ0v) is 7.39. The number of aliphatic carboxylic acids is 1. The lowest BCUT2D eigenvalue weighted by atomic mass is 10.2. The van der Waals surface area contributed by atoms with Crippen LogP contribution < -0.4 is 4.74 Å². The fourth-order valence-corrected chi connectivity index (χ4v) is 0.766. The Morgan fingerprint density at radius 3 is 2.46 bits per heavy atom. The van der Waals surface area contributed by atoms with Crippen molar-refractivity contribution in [2.75, 3.05) is 7.11 Å². The molecule has 5 heteroatoms. The van der Waals surface area contributed by atoms with Crippen molar-refractivity contribution in [2.45, 2.75) is 12.8 Å². The number of carboxylic acids is 1. The summed E-state index contributed by atoms with van der Waals surface area (Å²) in [6, 6.07) is 0. The molecule has 1 rings (SSSR count). The molecule has 1 N–H and O–H groups in total. The molecule has 0 amide bonds. The second-order valence-corrected chi connectivity index (χ2v) is 2.54. The minimum absolute atomic E-state index is 0.285. The number of rotatable bonds is 3. The fourth-order valence-electron chi connectivity index (χ4n) is 0.766. The molecule has 0 bridgehead atoms. The summed E-state index contributed by atoms with van der Waals surface area (Å²) in [6.07, 6.45) is 2.89. The molecule has 0 saturated heterocycles. The number of nitrogens with zero attached hydrogens (tertiary/aromatic N) is 2. The van der Waals surface area contributed by atoms with Gasteiger partial charge in [0.2, 0.25) is 0 Å². The van der Waals surface area contributed by atoms with Gasteiger partial charge in [-0.3, -0.25) is 4.79 Å². The molecule has 0 aromatic carbocycles. The van der Waals surface area contributed by atoms with Gasteiger partial charge in [0.1, 0.15) is 11.7 Å². The van der Waals surface area contributed by atoms with Crippen molar-refractivity contribution >= 4 is 5.97 Å². The Morgan fingerprint density at radius 1 is 1.54 bits per heavy atom. The van der Waals surface area contributed by atoms with Crippen LogP contribution in [0.25, 0.3) is 0 Å². The van der Waals surface area contributed by atoms with Gasteiger partial charge >= 0.3 is 5.97 Å². The van der Waals surface area contributed by atoms with Crippen LogP contribution in [0, 0.1) is 0 Å². The number of aromatic nitrogens is 2. The van der Waals surface area contributed by atoms with Crippen LogP contribution in [-0.2, 0) is 4.79 Å². The molecule has 1 aromatic rings. The predicted octanol–water partition coefficient (Wildman–Crippen LogP) is 0.673. The maximum atomic E-state index is 10.5. The van der Waals surface area contributed by atoms with Gasteiger partial charge in [0.05, 0.1) is 19.5 Å². The van der Waals surface area contributed by atoms with Crippen LogP contribution in [0.3, 0.4) is 0 Å². The minimum Gasteiger partial charge on any atom is -0.494 e. The van der Waals surface area contributed by atoms with E-state index in [1.165, 1.54) is 26.4 Å². The van der Waals surface area contributed by atoms with Gasteiger partial charge in [0, 0.05) is 0 Å². The molecule has 5 nitrogen and oxygen atoms in total. The van der Waals surface area contributed by atoms with Crippen LogP contribution in [0.15, 0.2) is 12.4 Å². The first kappa shape index (κ1) is 9.44. The SMILES string of the molecule is COc1cnc(C(C)C(=O)O)nc1. The summed E-state index contributed by atoms with van der Waals surface area (Å²) in [5.74, 6) is -0.828. The third-order valence-corrected chi connectivity index (χ3v) is 1.64. The molecule has 0 aliphatic rings. The summed E-state index contributed by atoms with van der Waals surface area (Å²) >= 11 is 0. The number of carboxylic acid groups (broad SMARTS) is 1. The Hall–Kier alpha value is -1.65. The van der Waals surface area contributed by atoms with Crippen molar-refractivity contribution in [3.8, 4) is 5.75 Å². The number of methoxy groups -OCH3 is 1. The van der Waals surface area contributed by atoms with Crippen LogP contribution in [0.5, 0.6) is 5.75 Å². The first-order valence-corrected chi connectivity index (χ1v) is 3.74. The van der Waals surface area contributed by atoms with Crippen LogP contribution in [0.2, 0.25) is 0 Å². The lowest BCUT2D eigenvalue weighted by molar-refractivity contribution is -0.138. The third kappa shape index (κ3) is 2.14. The van der Waals surface area contributed by atoms with Crippen LogP contribution in [0.4, 0.5) is 0 Å². The zero-order chi connectivity index (χ0) is 9.84. The van der Waals surface area contributed by atoms with Crippen molar-refractivity contribution in [2.24, 2.45) is 0 Å². The summed E-state index contributed by atoms with van der Waals surface area (Å²) in [5, 5.41) is 8.65. The number of hydrogen-bond acceptors (Lipinski definition) is 4. The molecule has 0 spiro atoms. The predicted molar refractivity (Wildman–Crippen MR) is 44.6 cm³/mol. The largest absolute Gasteiger partial charge is 0.494 e. The molecule has 0 radical (unpaired) electrons. The standard InChI is InChI=1S/C8H10N2O3/c1-5(8(11)12)7-9-3-6(13-2)4-10-7/h3-5H,1-2H3,(H,11,12). The zero-order valence-electron chi connectivity index (χ0n) is 7.39. The average molecular weight is 182 g/mol. The van der Waals surface area contributed by atoms with E-state index >= 15 is 0 Å². The van der Waals surface area contributed by atoms with Gasteiger partial charge in [0.15, 0.2) is 5.75 Å². The Kier molecular flexibility index (Phi) is 2.79. The summed E-state index contributed by atoms with van der Waals surface area (Å²) in [4.78, 5) is 18.3. The van der Waals surface area contributed by atoms with E-state index in [4.69, 9.17) is 9.84 Å². The Morgan fingerprint density at radius 2 is 2.08 bits per heavy atom. The normalized spacial score (nSPS) is 12.2.